The second-order valence-corrected chi connectivity index (χ2v) is 4.01. The van der Waals surface area contributed by atoms with Gasteiger partial charge in [0.2, 0.25) is 0 Å². The molecule has 0 amide bonds. The number of nitrogens with zero attached hydrogens (tertiary/aromatic N) is 6. The van der Waals surface area contributed by atoms with Crippen LogP contribution in [-0.4, -0.2) is 64.9 Å². The van der Waals surface area contributed by atoms with Crippen molar-refractivity contribution in [3.8, 4) is 0 Å². The van der Waals surface area contributed by atoms with E-state index in [2.05, 4.69) is 62.7 Å². The van der Waals surface area contributed by atoms with Crippen molar-refractivity contribution in [2.75, 3.05) is 25.6 Å². The molecule has 2 rings (SSSR count). The second kappa shape index (κ2) is 3.82. The van der Waals surface area contributed by atoms with Crippen molar-refractivity contribution in [1.82, 2.24) is 30.2 Å². The molecule has 7 nitrogen and oxygen atoms in total. The molecular formula is C6H15B2N7. The topological polar surface area (TPSA) is 64.2 Å². The van der Waals surface area contributed by atoms with Gasteiger partial charge in [-0.25, -0.2) is 0 Å². The summed E-state index contributed by atoms with van der Waals surface area (Å²) in [6, 6.07) is 0. The van der Waals surface area contributed by atoms with E-state index in [1.165, 1.54) is 0 Å². The molecule has 0 bridgehead atoms. The molecule has 1 fully saturated rings. The molecule has 0 aliphatic carbocycles. The highest BCUT2D eigenvalue weighted by Gasteiger charge is 2.38. The summed E-state index contributed by atoms with van der Waals surface area (Å²) in [6.45, 7) is 5.83. The average Bonchev–Trinajstić information content (AvgIpc) is 2.73. The Hall–Kier alpha value is -1.08. The van der Waals surface area contributed by atoms with Crippen molar-refractivity contribution in [3.05, 3.63) is 0 Å². The first-order valence-corrected chi connectivity index (χ1v) is 5.03. The number of rotatable bonds is 1. The van der Waals surface area contributed by atoms with Crippen LogP contribution < -0.4 is 4.81 Å². The lowest BCUT2D eigenvalue weighted by atomic mass is 9.59. The van der Waals surface area contributed by atoms with Crippen LogP contribution in [0.15, 0.2) is 0 Å². The molecule has 1 aliphatic rings. The third-order valence-electron chi connectivity index (χ3n) is 3.23. The fraction of sp³-hybridized carbons (Fsp3) is 0.833. The molecule has 1 aromatic heterocycles. The molecule has 2 heterocycles. The predicted molar refractivity (Wildman–Crippen MR) is 60.3 cm³/mol. The lowest BCUT2D eigenvalue weighted by Gasteiger charge is -2.45. The van der Waals surface area contributed by atoms with E-state index in [1.54, 1.807) is 0 Å². The molecule has 0 atom stereocenters. The highest BCUT2D eigenvalue weighted by atomic mass is 15.5. The molecule has 9 heteroatoms. The van der Waals surface area contributed by atoms with Gasteiger partial charge in [0.15, 0.2) is 0 Å². The Bertz CT molecular complexity index is 317. The van der Waals surface area contributed by atoms with E-state index < -0.39 is 0 Å². The van der Waals surface area contributed by atoms with Gasteiger partial charge in [0, 0.05) is 0 Å². The van der Waals surface area contributed by atoms with Gasteiger partial charge in [0.25, 0.3) is 12.9 Å². The first-order valence-electron chi connectivity index (χ1n) is 5.03. The minimum Gasteiger partial charge on any atom is -0.356 e. The quantitative estimate of drug-likeness (QED) is 0.600. The molecule has 0 spiro atoms. The maximum absolute atomic E-state index is 4.01. The summed E-state index contributed by atoms with van der Waals surface area (Å²) in [5.41, 5.74) is 0. The van der Waals surface area contributed by atoms with E-state index in [0.717, 1.165) is 6.67 Å². The van der Waals surface area contributed by atoms with Crippen molar-refractivity contribution in [2.24, 2.45) is 0 Å². The Kier molecular flexibility index (Phi) is 2.66. The maximum atomic E-state index is 4.01. The Morgan fingerprint density at radius 3 is 2.60 bits per heavy atom. The number of hydrogen-bond acceptors (Lipinski definition) is 6. The van der Waals surface area contributed by atoms with E-state index in [0.29, 0.717) is 12.9 Å². The highest BCUT2D eigenvalue weighted by Crippen LogP contribution is 2.16. The summed E-state index contributed by atoms with van der Waals surface area (Å²) in [6.07, 6.45) is 0. The molecule has 1 N–H and O–H groups in total. The zero-order chi connectivity index (χ0) is 11.0. The number of H-pyrrole nitrogens is 1. The third-order valence-corrected chi connectivity index (χ3v) is 3.23. The van der Waals surface area contributed by atoms with Crippen molar-refractivity contribution >= 4 is 19.9 Å². The monoisotopic (exact) mass is 207 g/mol. The molecule has 80 valence electrons. The predicted octanol–water partition coefficient (Wildman–Crippen LogP) is -0.923. The second-order valence-electron chi connectivity index (χ2n) is 4.01. The van der Waals surface area contributed by atoms with Crippen LogP contribution >= 0.6 is 0 Å². The largest absolute Gasteiger partial charge is 0.356 e. The van der Waals surface area contributed by atoms with Gasteiger partial charge in [-0.2, -0.15) is 5.21 Å². The van der Waals surface area contributed by atoms with Crippen molar-refractivity contribution in [3.63, 3.8) is 0 Å². The van der Waals surface area contributed by atoms with Crippen LogP contribution in [0.4, 0.5) is 5.95 Å². The lowest BCUT2D eigenvalue weighted by Crippen LogP contribution is -2.67. The molecule has 0 aromatic carbocycles. The number of anilines is 1. The van der Waals surface area contributed by atoms with E-state index in [9.17, 15) is 0 Å². The molecular weight excluding hydrogens is 192 g/mol. The van der Waals surface area contributed by atoms with Gasteiger partial charge >= 0.3 is 6.98 Å². The number of aromatic nitrogens is 4. The smallest absolute Gasteiger partial charge is 0.332 e. The molecule has 0 saturated carbocycles. The fourth-order valence-corrected chi connectivity index (χ4v) is 1.83. The van der Waals surface area contributed by atoms with E-state index in [1.807, 2.05) is 0 Å². The molecule has 1 aromatic rings. The van der Waals surface area contributed by atoms with Gasteiger partial charge in [0.05, 0.1) is 6.67 Å². The normalized spacial score (nSPS) is 20.1. The Morgan fingerprint density at radius 1 is 1.27 bits per heavy atom. The summed E-state index contributed by atoms with van der Waals surface area (Å²) in [5, 5.41) is 14.1. The lowest BCUT2D eigenvalue weighted by molar-refractivity contribution is 0.465. The number of aromatic amines is 1. The summed E-state index contributed by atoms with van der Waals surface area (Å²) < 4.78 is 2.26. The molecule has 0 radical (unpaired) electrons. The van der Waals surface area contributed by atoms with Crippen LogP contribution in [0.1, 0.15) is 0 Å². The van der Waals surface area contributed by atoms with Crippen molar-refractivity contribution in [2.45, 2.75) is 13.6 Å². The van der Waals surface area contributed by atoms with Crippen LogP contribution in [0, 0.1) is 0 Å². The van der Waals surface area contributed by atoms with Gasteiger partial charge in [0.1, 0.15) is 0 Å². The van der Waals surface area contributed by atoms with Crippen LogP contribution in [0.5, 0.6) is 0 Å². The molecule has 15 heavy (non-hydrogen) atoms. The van der Waals surface area contributed by atoms with E-state index >= 15 is 0 Å². The fourth-order valence-electron chi connectivity index (χ4n) is 1.83. The van der Waals surface area contributed by atoms with Gasteiger partial charge in [-0.3, -0.25) is 0 Å². The Balaban J connectivity index is 2.20. The highest BCUT2D eigenvalue weighted by molar-refractivity contribution is 6.73. The summed E-state index contributed by atoms with van der Waals surface area (Å²) in [7, 11) is 4.18. The van der Waals surface area contributed by atoms with Gasteiger partial charge in [-0.15, -0.1) is 5.10 Å². The zero-order valence-electron chi connectivity index (χ0n) is 9.55. The van der Waals surface area contributed by atoms with Crippen LogP contribution in [0.2, 0.25) is 13.6 Å². The van der Waals surface area contributed by atoms with Gasteiger partial charge < -0.3 is 14.3 Å². The standard InChI is InChI=1S/C6H15B2N7/c1-7-13(3)5-15(8(2)14(7)4)6-9-11-12-10-6/h5H2,1-4H3,(H,9,10,11,12). The average molecular weight is 207 g/mol. The first-order chi connectivity index (χ1) is 7.11. The number of tetrazole rings is 1. The SMILES string of the molecule is CB1N(C)CN(c2nn[nH]n2)B(C)N1C. The first kappa shape index (κ1) is 10.4. The van der Waals surface area contributed by atoms with Crippen LogP contribution in [0.25, 0.3) is 0 Å². The van der Waals surface area contributed by atoms with Crippen molar-refractivity contribution in [1.29, 1.82) is 0 Å². The summed E-state index contributed by atoms with van der Waals surface area (Å²) >= 11 is 0. The summed E-state index contributed by atoms with van der Waals surface area (Å²) in [4.78, 5) is 4.33. The van der Waals surface area contributed by atoms with Crippen LogP contribution in [0.3, 0.4) is 0 Å². The molecule has 1 saturated heterocycles. The number of nitrogens with one attached hydrogen (secondary N) is 1. The minimum atomic E-state index is 0.272. The van der Waals surface area contributed by atoms with Gasteiger partial charge in [-0.1, -0.05) is 18.7 Å². The maximum Gasteiger partial charge on any atom is 0.332 e. The Morgan fingerprint density at radius 2 is 2.00 bits per heavy atom. The molecule has 0 unspecified atom stereocenters. The van der Waals surface area contributed by atoms with Crippen LogP contribution in [-0.2, 0) is 0 Å². The zero-order valence-corrected chi connectivity index (χ0v) is 9.55. The Labute approximate surface area is 90.0 Å². The van der Waals surface area contributed by atoms with Crippen molar-refractivity contribution < 1.29 is 0 Å². The van der Waals surface area contributed by atoms with Gasteiger partial charge in [-0.05, 0) is 19.3 Å². The third kappa shape index (κ3) is 1.72. The molecule has 1 aliphatic heterocycles. The number of hydrogen-bond donors (Lipinski definition) is 1. The van der Waals surface area contributed by atoms with E-state index in [-0.39, 0.29) is 6.98 Å². The minimum absolute atomic E-state index is 0.272. The summed E-state index contributed by atoms with van der Waals surface area (Å²) in [5.74, 6) is 0.646. The van der Waals surface area contributed by atoms with E-state index in [4.69, 9.17) is 0 Å².